The van der Waals surface area contributed by atoms with Crippen LogP contribution in [-0.2, 0) is 33.7 Å². The smallest absolute Gasteiger partial charge is 0.250 e. The van der Waals surface area contributed by atoms with Gasteiger partial charge in [-0.25, -0.2) is 0 Å². The molecule has 1 amide bonds. The van der Waals surface area contributed by atoms with Gasteiger partial charge in [0.05, 0.1) is 0 Å². The van der Waals surface area contributed by atoms with Crippen LogP contribution in [0.2, 0.25) is 0 Å². The van der Waals surface area contributed by atoms with Crippen LogP contribution in [0.5, 0.6) is 0 Å². The van der Waals surface area contributed by atoms with E-state index in [-0.39, 0.29) is 18.1 Å². The van der Waals surface area contributed by atoms with Crippen LogP contribution in [0, 0.1) is 5.92 Å². The van der Waals surface area contributed by atoms with Gasteiger partial charge in [0.25, 0.3) is 5.56 Å². The average Bonchev–Trinajstić information content (AvgIpc) is 2.81. The second kappa shape index (κ2) is 7.94. The zero-order valence-corrected chi connectivity index (χ0v) is 14.3. The minimum atomic E-state index is 0.0173. The predicted molar refractivity (Wildman–Crippen MR) is 90.1 cm³/mol. The number of pyridine rings is 1. The van der Waals surface area contributed by atoms with Crippen LogP contribution in [0.25, 0.3) is 0 Å². The van der Waals surface area contributed by atoms with E-state index in [4.69, 9.17) is 9.47 Å². The molecule has 0 unspecified atom stereocenters. The van der Waals surface area contributed by atoms with Crippen LogP contribution < -0.4 is 5.56 Å². The average molecular weight is 334 g/mol. The molecule has 3 heterocycles. The quantitative estimate of drug-likeness (QED) is 0.819. The van der Waals surface area contributed by atoms with Crippen molar-refractivity contribution in [1.82, 2.24) is 9.47 Å². The predicted octanol–water partition coefficient (Wildman–Crippen LogP) is 0.848. The van der Waals surface area contributed by atoms with Crippen LogP contribution in [0.4, 0.5) is 0 Å². The third kappa shape index (κ3) is 3.87. The molecule has 3 rings (SSSR count). The number of amides is 1. The molecule has 1 aromatic heterocycles. The van der Waals surface area contributed by atoms with Crippen LogP contribution in [0.1, 0.15) is 24.1 Å². The minimum absolute atomic E-state index is 0.0173. The van der Waals surface area contributed by atoms with Crippen LogP contribution >= 0.6 is 0 Å². The van der Waals surface area contributed by atoms with E-state index in [1.165, 1.54) is 12.7 Å². The molecular formula is C18H26N2O4. The highest BCUT2D eigenvalue weighted by Crippen LogP contribution is 2.20. The van der Waals surface area contributed by atoms with Crippen molar-refractivity contribution < 1.29 is 14.3 Å². The first-order valence-corrected chi connectivity index (χ1v) is 8.75. The minimum Gasteiger partial charge on any atom is -0.381 e. The monoisotopic (exact) mass is 334 g/mol. The highest BCUT2D eigenvalue weighted by Gasteiger charge is 2.22. The van der Waals surface area contributed by atoms with Crippen molar-refractivity contribution in [2.24, 2.45) is 5.92 Å². The summed E-state index contributed by atoms with van der Waals surface area (Å²) in [6, 6.07) is 3.60. The van der Waals surface area contributed by atoms with E-state index in [2.05, 4.69) is 0 Å². The molecule has 24 heavy (non-hydrogen) atoms. The molecule has 0 aromatic carbocycles. The Kier molecular flexibility index (Phi) is 5.68. The first-order chi connectivity index (χ1) is 11.7. The lowest BCUT2D eigenvalue weighted by Gasteiger charge is -2.25. The second-order valence-corrected chi connectivity index (χ2v) is 6.62. The van der Waals surface area contributed by atoms with Gasteiger partial charge in [0.2, 0.25) is 5.91 Å². The van der Waals surface area contributed by atoms with E-state index < -0.39 is 0 Å². The van der Waals surface area contributed by atoms with Crippen molar-refractivity contribution >= 4 is 5.91 Å². The van der Waals surface area contributed by atoms with E-state index in [1.807, 2.05) is 15.5 Å². The number of aromatic nitrogens is 1. The fourth-order valence-corrected chi connectivity index (χ4v) is 3.65. The molecule has 6 heteroatoms. The van der Waals surface area contributed by atoms with Gasteiger partial charge in [-0.15, -0.1) is 0 Å². The molecule has 1 fully saturated rings. The Morgan fingerprint density at radius 2 is 2.00 bits per heavy atom. The number of methoxy groups -OCH3 is 1. The molecule has 1 aromatic rings. The van der Waals surface area contributed by atoms with Crippen molar-refractivity contribution in [1.29, 1.82) is 0 Å². The molecule has 6 nitrogen and oxygen atoms in total. The van der Waals surface area contributed by atoms with Gasteiger partial charge in [0, 0.05) is 58.1 Å². The molecule has 132 valence electrons. The highest BCUT2D eigenvalue weighted by atomic mass is 16.5. The zero-order valence-electron chi connectivity index (χ0n) is 14.3. The lowest BCUT2D eigenvalue weighted by Crippen LogP contribution is -2.36. The Hall–Kier alpha value is -1.66. The van der Waals surface area contributed by atoms with E-state index in [9.17, 15) is 9.59 Å². The molecular weight excluding hydrogens is 308 g/mol. The van der Waals surface area contributed by atoms with Crippen LogP contribution in [0.15, 0.2) is 16.9 Å². The van der Waals surface area contributed by atoms with Crippen molar-refractivity contribution in [3.8, 4) is 0 Å². The number of fused-ring (bicyclic) bond motifs is 1. The van der Waals surface area contributed by atoms with Crippen molar-refractivity contribution in [3.63, 3.8) is 0 Å². The van der Waals surface area contributed by atoms with Gasteiger partial charge in [-0.2, -0.15) is 0 Å². The number of carbonyl (C=O) groups is 1. The van der Waals surface area contributed by atoms with E-state index in [0.717, 1.165) is 51.1 Å². The van der Waals surface area contributed by atoms with Gasteiger partial charge in [-0.1, -0.05) is 6.07 Å². The zero-order chi connectivity index (χ0) is 16.9. The number of rotatable bonds is 4. The van der Waals surface area contributed by atoms with Gasteiger partial charge >= 0.3 is 0 Å². The molecule has 0 spiro atoms. The summed E-state index contributed by atoms with van der Waals surface area (Å²) < 4.78 is 12.3. The van der Waals surface area contributed by atoms with Crippen molar-refractivity contribution in [2.45, 2.75) is 32.2 Å². The lowest BCUT2D eigenvalue weighted by atomic mass is 9.99. The summed E-state index contributed by atoms with van der Waals surface area (Å²) in [4.78, 5) is 26.4. The fourth-order valence-electron chi connectivity index (χ4n) is 3.65. The SMILES string of the molecule is COCC(=O)N1CCc2ccc(=O)n(CC3CCOCC3)c2CC1. The van der Waals surface area contributed by atoms with Crippen molar-refractivity contribution in [3.05, 3.63) is 33.7 Å². The second-order valence-electron chi connectivity index (χ2n) is 6.62. The maximum atomic E-state index is 12.4. The normalized spacial score (nSPS) is 19.0. The summed E-state index contributed by atoms with van der Waals surface area (Å²) in [7, 11) is 1.54. The topological polar surface area (TPSA) is 60.8 Å². The van der Waals surface area contributed by atoms with Crippen molar-refractivity contribution in [2.75, 3.05) is 40.0 Å². The molecule has 2 aliphatic heterocycles. The molecule has 1 saturated heterocycles. The van der Waals surface area contributed by atoms with Gasteiger partial charge < -0.3 is 18.9 Å². The van der Waals surface area contributed by atoms with Crippen LogP contribution in [0.3, 0.4) is 0 Å². The highest BCUT2D eigenvalue weighted by molar-refractivity contribution is 5.77. The van der Waals surface area contributed by atoms with E-state index in [0.29, 0.717) is 19.0 Å². The molecule has 0 N–H and O–H groups in total. The lowest BCUT2D eigenvalue weighted by molar-refractivity contribution is -0.135. The van der Waals surface area contributed by atoms with Gasteiger partial charge in [-0.3, -0.25) is 9.59 Å². The molecule has 0 bridgehead atoms. The number of ether oxygens (including phenoxy) is 2. The summed E-state index contributed by atoms with van der Waals surface area (Å²) in [6.07, 6.45) is 3.53. The van der Waals surface area contributed by atoms with Gasteiger partial charge in [-0.05, 0) is 30.7 Å². The molecule has 2 aliphatic rings. The fraction of sp³-hybridized carbons (Fsp3) is 0.667. The summed E-state index contributed by atoms with van der Waals surface area (Å²) in [6.45, 7) is 3.78. The van der Waals surface area contributed by atoms with E-state index >= 15 is 0 Å². The Morgan fingerprint density at radius 3 is 2.75 bits per heavy atom. The van der Waals surface area contributed by atoms with Gasteiger partial charge in [0.1, 0.15) is 6.61 Å². The summed E-state index contributed by atoms with van der Waals surface area (Å²) >= 11 is 0. The first kappa shape index (κ1) is 17.2. The molecule has 0 aliphatic carbocycles. The maximum Gasteiger partial charge on any atom is 0.250 e. The number of nitrogens with zero attached hydrogens (tertiary/aromatic N) is 2. The number of hydrogen-bond donors (Lipinski definition) is 0. The Balaban J connectivity index is 1.78. The Bertz CT molecular complexity index is 634. The third-order valence-corrected chi connectivity index (χ3v) is 5.06. The summed E-state index contributed by atoms with van der Waals surface area (Å²) in [5.74, 6) is 0.515. The molecule has 0 atom stereocenters. The molecule has 0 radical (unpaired) electrons. The van der Waals surface area contributed by atoms with Gasteiger partial charge in [0.15, 0.2) is 0 Å². The summed E-state index contributed by atoms with van der Waals surface area (Å²) in [5, 5.41) is 0. The Labute approximate surface area is 142 Å². The number of carbonyl (C=O) groups excluding carboxylic acids is 1. The molecule has 0 saturated carbocycles. The maximum absolute atomic E-state index is 12.4. The van der Waals surface area contributed by atoms with Crippen LogP contribution in [-0.4, -0.2) is 55.4 Å². The summed E-state index contributed by atoms with van der Waals surface area (Å²) in [5.41, 5.74) is 2.35. The first-order valence-electron chi connectivity index (χ1n) is 8.75. The third-order valence-electron chi connectivity index (χ3n) is 5.06. The largest absolute Gasteiger partial charge is 0.381 e. The Morgan fingerprint density at radius 1 is 1.25 bits per heavy atom. The number of hydrogen-bond acceptors (Lipinski definition) is 4. The standard InChI is InChI=1S/C18H26N2O4/c1-23-13-18(22)19-8-4-15-2-3-17(21)20(16(15)5-9-19)12-14-6-10-24-11-7-14/h2-3,14H,4-13H2,1H3. The van der Waals surface area contributed by atoms with E-state index in [1.54, 1.807) is 6.07 Å².